The van der Waals surface area contributed by atoms with Gasteiger partial charge >= 0.3 is 0 Å². The minimum atomic E-state index is 0.00172. The molecule has 120 valence electrons. The molecule has 1 aliphatic rings. The van der Waals surface area contributed by atoms with E-state index in [4.69, 9.17) is 4.74 Å². The van der Waals surface area contributed by atoms with Crippen LogP contribution in [0, 0.1) is 13.8 Å². The molecule has 0 saturated heterocycles. The lowest BCUT2D eigenvalue weighted by atomic mass is 9.88. The summed E-state index contributed by atoms with van der Waals surface area (Å²) in [5.74, 6) is 0. The van der Waals surface area contributed by atoms with Gasteiger partial charge < -0.3 is 4.74 Å². The third kappa shape index (κ3) is 2.88. The van der Waals surface area contributed by atoms with E-state index in [1.54, 1.807) is 0 Å². The van der Waals surface area contributed by atoms with Crippen LogP contribution in [0.1, 0.15) is 45.6 Å². The van der Waals surface area contributed by atoms with Gasteiger partial charge in [0, 0.05) is 6.42 Å². The Balaban J connectivity index is 1.74. The molecule has 0 spiro atoms. The normalized spacial score (nSPS) is 19.8. The van der Waals surface area contributed by atoms with E-state index < -0.39 is 0 Å². The van der Waals surface area contributed by atoms with Crippen LogP contribution in [0.5, 0.6) is 0 Å². The molecule has 1 nitrogen and oxygen atoms in total. The summed E-state index contributed by atoms with van der Waals surface area (Å²) in [5.41, 5.74) is 7.73. The maximum absolute atomic E-state index is 6.56. The monoisotopic (exact) mass is 314 g/mol. The number of rotatable bonds is 2. The number of benzene rings is 3. The highest BCUT2D eigenvalue weighted by Gasteiger charge is 2.29. The molecule has 0 bridgehead atoms. The number of fused-ring (bicyclic) bond motifs is 1. The molecule has 3 aromatic carbocycles. The molecule has 0 aliphatic carbocycles. The van der Waals surface area contributed by atoms with Crippen LogP contribution in [-0.4, -0.2) is 0 Å². The Kier molecular flexibility index (Phi) is 3.95. The number of ether oxygens (including phenoxy) is 1. The first-order chi connectivity index (χ1) is 11.7. The fourth-order valence-corrected chi connectivity index (χ4v) is 3.44. The molecule has 0 radical (unpaired) electrons. The average molecular weight is 314 g/mol. The summed E-state index contributed by atoms with van der Waals surface area (Å²) in [6.07, 6.45) is 1.04. The van der Waals surface area contributed by atoms with Crippen molar-refractivity contribution in [1.29, 1.82) is 0 Å². The van der Waals surface area contributed by atoms with Crippen molar-refractivity contribution in [2.24, 2.45) is 0 Å². The fourth-order valence-electron chi connectivity index (χ4n) is 3.44. The van der Waals surface area contributed by atoms with Crippen molar-refractivity contribution in [1.82, 2.24) is 0 Å². The summed E-state index contributed by atoms with van der Waals surface area (Å²) in [7, 11) is 0. The second-order valence-corrected chi connectivity index (χ2v) is 6.73. The first kappa shape index (κ1) is 15.2. The van der Waals surface area contributed by atoms with Crippen molar-refractivity contribution in [2.75, 3.05) is 0 Å². The molecule has 0 saturated carbocycles. The van der Waals surface area contributed by atoms with Gasteiger partial charge in [-0.15, -0.1) is 0 Å². The second kappa shape index (κ2) is 6.26. The minimum absolute atomic E-state index is 0.00172. The summed E-state index contributed by atoms with van der Waals surface area (Å²) in [6.45, 7) is 4.24. The Morgan fingerprint density at radius 1 is 0.708 bits per heavy atom. The first-order valence-corrected chi connectivity index (χ1v) is 8.57. The maximum atomic E-state index is 6.56. The van der Waals surface area contributed by atoms with Gasteiger partial charge in [0.1, 0.15) is 6.10 Å². The second-order valence-electron chi connectivity index (χ2n) is 6.73. The molecular formula is C23H22O. The van der Waals surface area contributed by atoms with E-state index in [2.05, 4.69) is 86.6 Å². The molecule has 0 aromatic heterocycles. The van der Waals surface area contributed by atoms with Crippen LogP contribution in [0.4, 0.5) is 0 Å². The summed E-state index contributed by atoms with van der Waals surface area (Å²) in [5, 5.41) is 0. The summed E-state index contributed by atoms with van der Waals surface area (Å²) >= 11 is 0. The molecule has 4 rings (SSSR count). The lowest BCUT2D eigenvalue weighted by Crippen LogP contribution is -2.21. The largest absolute Gasteiger partial charge is 0.361 e. The van der Waals surface area contributed by atoms with Crippen molar-refractivity contribution in [3.05, 3.63) is 106 Å². The molecule has 0 fully saturated rings. The van der Waals surface area contributed by atoms with Crippen molar-refractivity contribution in [3.8, 4) is 0 Å². The van der Waals surface area contributed by atoms with Gasteiger partial charge in [-0.1, -0.05) is 83.9 Å². The van der Waals surface area contributed by atoms with Crippen LogP contribution in [0.2, 0.25) is 0 Å². The van der Waals surface area contributed by atoms with Gasteiger partial charge in [-0.05, 0) is 36.1 Å². The van der Waals surface area contributed by atoms with E-state index in [1.165, 1.54) is 33.4 Å². The van der Waals surface area contributed by atoms with Crippen molar-refractivity contribution in [2.45, 2.75) is 32.5 Å². The highest BCUT2D eigenvalue weighted by molar-refractivity contribution is 5.40. The molecular weight excluding hydrogens is 292 g/mol. The zero-order valence-corrected chi connectivity index (χ0v) is 14.2. The summed E-state index contributed by atoms with van der Waals surface area (Å²) in [4.78, 5) is 0. The van der Waals surface area contributed by atoms with E-state index in [0.29, 0.717) is 0 Å². The molecule has 1 heteroatoms. The molecule has 1 heterocycles. The van der Waals surface area contributed by atoms with Gasteiger partial charge in [0.05, 0.1) is 6.10 Å². The standard InChI is InChI=1S/C23H22O/c1-16-7-11-18(12-8-16)22-15-20-5-3-4-6-21(20)23(24-22)19-13-9-17(2)10-14-19/h3-14,22-23H,15H2,1-2H3. The van der Waals surface area contributed by atoms with E-state index >= 15 is 0 Å². The Hall–Kier alpha value is -2.38. The molecule has 2 unspecified atom stereocenters. The number of hydrogen-bond acceptors (Lipinski definition) is 1. The molecule has 0 amide bonds. The highest BCUT2D eigenvalue weighted by Crippen LogP contribution is 2.40. The molecule has 0 N–H and O–H groups in total. The van der Waals surface area contributed by atoms with Crippen LogP contribution < -0.4 is 0 Å². The third-order valence-corrected chi connectivity index (χ3v) is 4.87. The first-order valence-electron chi connectivity index (χ1n) is 8.57. The van der Waals surface area contributed by atoms with Gasteiger partial charge in [0.15, 0.2) is 0 Å². The van der Waals surface area contributed by atoms with E-state index in [-0.39, 0.29) is 12.2 Å². The topological polar surface area (TPSA) is 9.23 Å². The molecule has 24 heavy (non-hydrogen) atoms. The van der Waals surface area contributed by atoms with Crippen LogP contribution in [-0.2, 0) is 11.2 Å². The van der Waals surface area contributed by atoms with Crippen molar-refractivity contribution >= 4 is 0 Å². The Morgan fingerprint density at radius 3 is 1.96 bits per heavy atom. The summed E-state index contributed by atoms with van der Waals surface area (Å²) < 4.78 is 6.56. The molecule has 2 atom stereocenters. The quantitative estimate of drug-likeness (QED) is 0.589. The van der Waals surface area contributed by atoms with Crippen LogP contribution in [0.15, 0.2) is 72.8 Å². The van der Waals surface area contributed by atoms with E-state index in [1.807, 2.05) is 0 Å². The smallest absolute Gasteiger partial charge is 0.109 e. The Bertz CT molecular complexity index is 831. The third-order valence-electron chi connectivity index (χ3n) is 4.87. The van der Waals surface area contributed by atoms with Crippen LogP contribution in [0.25, 0.3) is 0 Å². The maximum Gasteiger partial charge on any atom is 0.109 e. The zero-order chi connectivity index (χ0) is 16.5. The van der Waals surface area contributed by atoms with Crippen molar-refractivity contribution in [3.63, 3.8) is 0 Å². The number of aryl methyl sites for hydroxylation is 2. The Morgan fingerprint density at radius 2 is 1.29 bits per heavy atom. The molecule has 3 aromatic rings. The van der Waals surface area contributed by atoms with Gasteiger partial charge in [-0.2, -0.15) is 0 Å². The van der Waals surface area contributed by atoms with E-state index in [9.17, 15) is 0 Å². The predicted octanol–water partition coefficient (Wildman–Crippen LogP) is 5.71. The fraction of sp³-hybridized carbons (Fsp3) is 0.217. The SMILES string of the molecule is Cc1ccc(C2Cc3ccccc3C(c3ccc(C)cc3)O2)cc1. The minimum Gasteiger partial charge on any atom is -0.361 e. The van der Waals surface area contributed by atoms with Crippen molar-refractivity contribution < 1.29 is 4.74 Å². The van der Waals surface area contributed by atoms with Crippen LogP contribution in [0.3, 0.4) is 0 Å². The van der Waals surface area contributed by atoms with Gasteiger partial charge in [0.2, 0.25) is 0 Å². The zero-order valence-electron chi connectivity index (χ0n) is 14.2. The highest BCUT2D eigenvalue weighted by atomic mass is 16.5. The lowest BCUT2D eigenvalue weighted by molar-refractivity contribution is -0.00547. The predicted molar refractivity (Wildman–Crippen MR) is 98.2 cm³/mol. The average Bonchev–Trinajstić information content (AvgIpc) is 2.62. The molecule has 1 aliphatic heterocycles. The Labute approximate surface area is 143 Å². The van der Waals surface area contributed by atoms with Crippen LogP contribution >= 0.6 is 0 Å². The number of hydrogen-bond donors (Lipinski definition) is 0. The van der Waals surface area contributed by atoms with Gasteiger partial charge in [-0.25, -0.2) is 0 Å². The van der Waals surface area contributed by atoms with Gasteiger partial charge in [0.25, 0.3) is 0 Å². The summed E-state index contributed by atoms with van der Waals surface area (Å²) in [6, 6.07) is 26.1. The van der Waals surface area contributed by atoms with Gasteiger partial charge in [-0.3, -0.25) is 0 Å². The van der Waals surface area contributed by atoms with E-state index in [0.717, 1.165) is 6.42 Å². The lowest BCUT2D eigenvalue weighted by Gasteiger charge is -2.33.